The van der Waals surface area contributed by atoms with Crippen molar-refractivity contribution >= 4 is 34.7 Å². The Morgan fingerprint density at radius 3 is 2.33 bits per heavy atom. The molecule has 2 heterocycles. The molecule has 1 saturated heterocycles. The molecule has 2 aliphatic carbocycles. The van der Waals surface area contributed by atoms with Crippen molar-refractivity contribution in [3.8, 4) is 0 Å². The quantitative estimate of drug-likeness (QED) is 0.345. The van der Waals surface area contributed by atoms with Gasteiger partial charge in [0.05, 0.1) is 22.3 Å². The van der Waals surface area contributed by atoms with Crippen LogP contribution in [0.5, 0.6) is 0 Å². The van der Waals surface area contributed by atoms with Crippen LogP contribution >= 0.6 is 11.3 Å². The van der Waals surface area contributed by atoms with E-state index in [-0.39, 0.29) is 29.8 Å². The Bertz CT molecular complexity index is 1380. The molecular weight excluding hydrogens is 515 g/mol. The first-order valence-corrected chi connectivity index (χ1v) is 15.1. The average Bonchev–Trinajstić information content (AvgIpc) is 3.52. The van der Waals surface area contributed by atoms with E-state index in [2.05, 4.69) is 94.3 Å². The zero-order chi connectivity index (χ0) is 28.7. The van der Waals surface area contributed by atoms with Gasteiger partial charge in [-0.3, -0.25) is 4.79 Å². The summed E-state index contributed by atoms with van der Waals surface area (Å²) in [5, 5.41) is 7.03. The molecule has 0 atom stereocenters. The normalized spacial score (nSPS) is 20.6. The molecule has 0 bridgehead atoms. The Morgan fingerprint density at radius 2 is 1.73 bits per heavy atom. The topological polar surface area (TPSA) is 59.6 Å². The molecule has 40 heavy (non-hydrogen) atoms. The molecule has 0 radical (unpaired) electrons. The molecule has 2 N–H and O–H groups in total. The van der Waals surface area contributed by atoms with Crippen molar-refractivity contribution in [3.63, 3.8) is 0 Å². The van der Waals surface area contributed by atoms with Crippen molar-refractivity contribution in [1.29, 1.82) is 0 Å². The van der Waals surface area contributed by atoms with Gasteiger partial charge in [0.15, 0.2) is 0 Å². The predicted molar refractivity (Wildman–Crippen MR) is 166 cm³/mol. The summed E-state index contributed by atoms with van der Waals surface area (Å²) in [4.78, 5) is 15.0. The third kappa shape index (κ3) is 5.65. The van der Waals surface area contributed by atoms with Crippen LogP contribution in [0.15, 0.2) is 78.0 Å². The van der Waals surface area contributed by atoms with E-state index in [1.54, 1.807) is 11.3 Å². The molecule has 1 aromatic heterocycles. The second kappa shape index (κ2) is 10.8. The highest BCUT2D eigenvalue weighted by molar-refractivity contribution is 7.22. The van der Waals surface area contributed by atoms with Crippen molar-refractivity contribution in [1.82, 2.24) is 10.6 Å². The number of hydrogen-bond donors (Lipinski definition) is 2. The number of hydrogen-bond acceptors (Lipinski definition) is 5. The van der Waals surface area contributed by atoms with Crippen LogP contribution in [0.2, 0.25) is 0 Å². The Kier molecular flexibility index (Phi) is 7.77. The van der Waals surface area contributed by atoms with Crippen LogP contribution in [-0.4, -0.2) is 24.2 Å². The molecule has 2 aromatic rings. The summed E-state index contributed by atoms with van der Waals surface area (Å²) in [6, 6.07) is 12.7. The second-order valence-corrected chi connectivity index (χ2v) is 13.4. The lowest BCUT2D eigenvalue weighted by atomic mass is 9.88. The summed E-state index contributed by atoms with van der Waals surface area (Å²) in [7, 11) is -0.364. The smallest absolute Gasteiger partial charge is 0.399 e. The first kappa shape index (κ1) is 28.7. The monoisotopic (exact) mass is 556 g/mol. The van der Waals surface area contributed by atoms with E-state index < -0.39 is 0 Å². The molecule has 1 amide bonds. The summed E-state index contributed by atoms with van der Waals surface area (Å²) in [5.74, 6) is -0.0365. The van der Waals surface area contributed by atoms with Crippen LogP contribution in [0.1, 0.15) is 83.2 Å². The lowest BCUT2D eigenvalue weighted by Crippen LogP contribution is -2.41. The molecule has 5 nitrogen and oxygen atoms in total. The van der Waals surface area contributed by atoms with Gasteiger partial charge < -0.3 is 19.9 Å². The number of carbonyl (C=O) groups is 1. The fourth-order valence-corrected chi connectivity index (χ4v) is 6.11. The maximum absolute atomic E-state index is 13.8. The maximum atomic E-state index is 13.8. The lowest BCUT2D eigenvalue weighted by Gasteiger charge is -2.32. The first-order valence-electron chi connectivity index (χ1n) is 14.3. The van der Waals surface area contributed by atoms with Gasteiger partial charge in [0.2, 0.25) is 0 Å². The second-order valence-electron chi connectivity index (χ2n) is 12.2. The maximum Gasteiger partial charge on any atom is 0.505 e. The third-order valence-corrected chi connectivity index (χ3v) is 9.80. The molecule has 2 fully saturated rings. The molecular formula is C33H41BN2O3S. The minimum Gasteiger partial charge on any atom is -0.399 e. The largest absolute Gasteiger partial charge is 0.505 e. The van der Waals surface area contributed by atoms with Gasteiger partial charge in [-0.2, -0.15) is 0 Å². The van der Waals surface area contributed by atoms with Gasteiger partial charge in [0.25, 0.3) is 5.91 Å². The Labute approximate surface area is 243 Å². The number of nitrogens with one attached hydrogen (secondary N) is 2. The SMILES string of the molecule is C=C(C)c1ccc(C2(NC(=O)C3=CC=CCC(CC)=C3NCc3ccc(B4OC(C)(C)C(C)(C)O4)s3)CC2)cc1. The highest BCUT2D eigenvalue weighted by atomic mass is 32.1. The highest BCUT2D eigenvalue weighted by Gasteiger charge is 2.52. The summed E-state index contributed by atoms with van der Waals surface area (Å²) in [6.07, 6.45) is 9.66. The summed E-state index contributed by atoms with van der Waals surface area (Å²) in [5.41, 5.74) is 5.14. The molecule has 5 rings (SSSR count). The average molecular weight is 557 g/mol. The van der Waals surface area contributed by atoms with Crippen molar-refractivity contribution in [2.45, 2.75) is 90.5 Å². The van der Waals surface area contributed by atoms with Crippen molar-refractivity contribution in [2.75, 3.05) is 0 Å². The number of benzene rings is 1. The number of rotatable bonds is 9. The lowest BCUT2D eigenvalue weighted by molar-refractivity contribution is -0.118. The van der Waals surface area contributed by atoms with Gasteiger partial charge in [0, 0.05) is 21.9 Å². The summed E-state index contributed by atoms with van der Waals surface area (Å²) >= 11 is 1.69. The molecule has 0 spiro atoms. The molecule has 1 aromatic carbocycles. The van der Waals surface area contributed by atoms with Gasteiger partial charge >= 0.3 is 7.12 Å². The van der Waals surface area contributed by atoms with Gasteiger partial charge in [-0.05, 0) is 89.1 Å². The van der Waals surface area contributed by atoms with E-state index in [4.69, 9.17) is 9.31 Å². The van der Waals surface area contributed by atoms with Crippen LogP contribution < -0.4 is 15.4 Å². The van der Waals surface area contributed by atoms with Crippen LogP contribution in [0.4, 0.5) is 0 Å². The molecule has 1 saturated carbocycles. The van der Waals surface area contributed by atoms with Crippen LogP contribution in [-0.2, 0) is 26.2 Å². The summed E-state index contributed by atoms with van der Waals surface area (Å²) < 4.78 is 13.6. The van der Waals surface area contributed by atoms with E-state index in [1.165, 1.54) is 10.5 Å². The van der Waals surface area contributed by atoms with Crippen LogP contribution in [0, 0.1) is 0 Å². The van der Waals surface area contributed by atoms with E-state index >= 15 is 0 Å². The van der Waals surface area contributed by atoms with Crippen molar-refractivity contribution < 1.29 is 14.1 Å². The zero-order valence-electron chi connectivity index (χ0n) is 24.6. The molecule has 3 aliphatic rings. The van der Waals surface area contributed by atoms with Gasteiger partial charge in [-0.15, -0.1) is 11.3 Å². The summed E-state index contributed by atoms with van der Waals surface area (Å²) in [6.45, 7) is 17.1. The number of thiophene rings is 1. The standard InChI is InChI=1S/C33H41BN2O3S/c1-8-23-11-9-10-12-27(30(37)36-33(19-20-33)25-15-13-24(14-16-25)22(2)3)29(23)35-21-26-17-18-28(40-26)34-38-31(4,5)32(6,7)39-34/h9-10,12-18,35H,2,8,11,19-21H2,1,3-7H3,(H,36,37). The predicted octanol–water partition coefficient (Wildman–Crippen LogP) is 6.53. The Balaban J connectivity index is 1.31. The number of carbonyl (C=O) groups excluding carboxylic acids is 1. The fourth-order valence-electron chi connectivity index (χ4n) is 5.20. The van der Waals surface area contributed by atoms with E-state index in [0.717, 1.165) is 52.9 Å². The van der Waals surface area contributed by atoms with Crippen molar-refractivity contribution in [3.05, 3.63) is 94.1 Å². The van der Waals surface area contributed by atoms with Gasteiger partial charge in [-0.25, -0.2) is 0 Å². The Hall–Kier alpha value is -2.87. The van der Waals surface area contributed by atoms with Crippen molar-refractivity contribution in [2.24, 2.45) is 0 Å². The van der Waals surface area contributed by atoms with E-state index in [0.29, 0.717) is 12.1 Å². The third-order valence-electron chi connectivity index (χ3n) is 8.70. The molecule has 210 valence electrons. The minimum absolute atomic E-state index is 0.0365. The Morgan fingerprint density at radius 1 is 1.05 bits per heavy atom. The number of amides is 1. The zero-order valence-corrected chi connectivity index (χ0v) is 25.5. The highest BCUT2D eigenvalue weighted by Crippen LogP contribution is 2.46. The molecule has 7 heteroatoms. The minimum atomic E-state index is -0.368. The van der Waals surface area contributed by atoms with E-state index in [1.807, 2.05) is 19.1 Å². The molecule has 1 aliphatic heterocycles. The first-order chi connectivity index (χ1) is 18.9. The number of allylic oxidation sites excluding steroid dienone is 5. The van der Waals surface area contributed by atoms with E-state index in [9.17, 15) is 4.79 Å². The van der Waals surface area contributed by atoms with Gasteiger partial charge in [-0.1, -0.05) is 61.6 Å². The molecule has 0 unspecified atom stereocenters. The van der Waals surface area contributed by atoms with Gasteiger partial charge in [0.1, 0.15) is 0 Å². The van der Waals surface area contributed by atoms with Crippen LogP contribution in [0.25, 0.3) is 5.57 Å². The van der Waals surface area contributed by atoms with Crippen LogP contribution in [0.3, 0.4) is 0 Å². The fraction of sp³-hybridized carbons (Fsp3) is 0.424.